The van der Waals surface area contributed by atoms with Crippen LogP contribution in [0.2, 0.25) is 0 Å². The zero-order chi connectivity index (χ0) is 22.9. The molecule has 32 heavy (non-hydrogen) atoms. The highest BCUT2D eigenvalue weighted by Crippen LogP contribution is 2.27. The molecule has 1 aliphatic rings. The Labute approximate surface area is 186 Å². The number of benzene rings is 1. The van der Waals surface area contributed by atoms with Gasteiger partial charge < -0.3 is 15.5 Å². The highest BCUT2D eigenvalue weighted by atomic mass is 32.2. The quantitative estimate of drug-likeness (QED) is 0.490. The maximum atomic E-state index is 14.3. The average molecular weight is 480 g/mol. The van der Waals surface area contributed by atoms with E-state index in [0.29, 0.717) is 11.3 Å². The van der Waals surface area contributed by atoms with Gasteiger partial charge in [-0.1, -0.05) is 0 Å². The van der Waals surface area contributed by atoms with Gasteiger partial charge in [-0.3, -0.25) is 14.9 Å². The summed E-state index contributed by atoms with van der Waals surface area (Å²) in [6.45, 7) is 0.893. The van der Waals surface area contributed by atoms with Crippen molar-refractivity contribution in [1.29, 1.82) is 0 Å². The number of H-pyrrole nitrogens is 1. The van der Waals surface area contributed by atoms with Crippen LogP contribution in [0.3, 0.4) is 0 Å². The number of aromatic nitrogens is 2. The van der Waals surface area contributed by atoms with Crippen molar-refractivity contribution in [1.82, 2.24) is 14.3 Å². The van der Waals surface area contributed by atoms with Crippen LogP contribution in [0.5, 0.6) is 0 Å². The molecule has 3 heterocycles. The smallest absolute Gasteiger partial charge is 0.265 e. The number of aromatic amines is 1. The monoisotopic (exact) mass is 479 g/mol. The van der Waals surface area contributed by atoms with Crippen molar-refractivity contribution in [2.45, 2.75) is 4.90 Å². The van der Waals surface area contributed by atoms with E-state index in [-0.39, 0.29) is 42.0 Å². The lowest BCUT2D eigenvalue weighted by molar-refractivity contribution is 0.0730. The predicted octanol–water partition coefficient (Wildman–Crippen LogP) is 1.65. The normalized spacial score (nSPS) is 14.9. The zero-order valence-electron chi connectivity index (χ0n) is 16.5. The van der Waals surface area contributed by atoms with E-state index in [1.165, 1.54) is 10.4 Å². The van der Waals surface area contributed by atoms with Crippen LogP contribution < -0.4 is 11.1 Å². The Morgan fingerprint density at radius 2 is 2.00 bits per heavy atom. The van der Waals surface area contributed by atoms with Crippen molar-refractivity contribution in [2.75, 3.05) is 31.6 Å². The van der Waals surface area contributed by atoms with E-state index in [9.17, 15) is 22.4 Å². The number of carbonyl (C=O) groups is 2. The molecule has 1 saturated heterocycles. The van der Waals surface area contributed by atoms with Gasteiger partial charge >= 0.3 is 0 Å². The second-order valence-electron chi connectivity index (χ2n) is 6.82. The SMILES string of the molecule is NC(=O)c1cc(-c2csc(NC(=O)c3cc(S(=O)(=O)N4CCOCC4)ccc3F)n2)c[nH]1. The van der Waals surface area contributed by atoms with Gasteiger partial charge in [0.25, 0.3) is 11.8 Å². The summed E-state index contributed by atoms with van der Waals surface area (Å²) in [6, 6.07) is 4.60. The number of carbonyl (C=O) groups excluding carboxylic acids is 2. The van der Waals surface area contributed by atoms with Crippen molar-refractivity contribution < 1.29 is 27.1 Å². The van der Waals surface area contributed by atoms with E-state index in [0.717, 1.165) is 29.5 Å². The predicted molar refractivity (Wildman–Crippen MR) is 114 cm³/mol. The van der Waals surface area contributed by atoms with Gasteiger partial charge in [0.05, 0.1) is 29.4 Å². The van der Waals surface area contributed by atoms with Crippen LogP contribution in [0.1, 0.15) is 20.8 Å². The molecule has 2 aromatic heterocycles. The molecule has 13 heteroatoms. The van der Waals surface area contributed by atoms with E-state index in [1.54, 1.807) is 11.6 Å². The van der Waals surface area contributed by atoms with E-state index in [1.807, 2.05) is 0 Å². The van der Waals surface area contributed by atoms with Gasteiger partial charge in [0.2, 0.25) is 10.0 Å². The number of sulfonamides is 1. The number of hydrogen-bond donors (Lipinski definition) is 3. The number of anilines is 1. The number of primary amides is 1. The fraction of sp³-hybridized carbons (Fsp3) is 0.211. The van der Waals surface area contributed by atoms with Crippen LogP contribution >= 0.6 is 11.3 Å². The Morgan fingerprint density at radius 3 is 2.69 bits per heavy atom. The van der Waals surface area contributed by atoms with E-state index < -0.39 is 33.2 Å². The number of hydrogen-bond acceptors (Lipinski definition) is 7. The zero-order valence-corrected chi connectivity index (χ0v) is 18.1. The lowest BCUT2D eigenvalue weighted by Crippen LogP contribution is -2.40. The fourth-order valence-electron chi connectivity index (χ4n) is 3.09. The molecule has 4 N–H and O–H groups in total. The third-order valence-electron chi connectivity index (χ3n) is 4.76. The standard InChI is InChI=1S/C19H18FN5O5S2/c20-14-2-1-12(32(28,29)25-3-5-30-6-4-25)8-13(14)18(27)24-19-23-16(10-31-19)11-7-15(17(21)26)22-9-11/h1-2,7-10,22H,3-6H2,(H2,21,26)(H,23,24,27). The summed E-state index contributed by atoms with van der Waals surface area (Å²) >= 11 is 1.09. The third-order valence-corrected chi connectivity index (χ3v) is 7.41. The number of thiazole rings is 1. The molecule has 0 radical (unpaired) electrons. The number of nitrogens with one attached hydrogen (secondary N) is 2. The van der Waals surface area contributed by atoms with Crippen LogP contribution in [-0.4, -0.2) is 60.8 Å². The highest BCUT2D eigenvalue weighted by Gasteiger charge is 2.28. The van der Waals surface area contributed by atoms with E-state index in [2.05, 4.69) is 15.3 Å². The fourth-order valence-corrected chi connectivity index (χ4v) is 5.24. The van der Waals surface area contributed by atoms with Crippen molar-refractivity contribution in [3.8, 4) is 11.3 Å². The highest BCUT2D eigenvalue weighted by molar-refractivity contribution is 7.89. The Bertz CT molecular complexity index is 1280. The number of nitrogens with two attached hydrogens (primary N) is 1. The summed E-state index contributed by atoms with van der Waals surface area (Å²) in [5, 5.41) is 4.29. The maximum Gasteiger partial charge on any atom is 0.265 e. The van der Waals surface area contributed by atoms with Crippen LogP contribution in [0.15, 0.2) is 40.7 Å². The minimum Gasteiger partial charge on any atom is -0.379 e. The molecular formula is C19H18FN5O5S2. The number of halogens is 1. The molecule has 0 bridgehead atoms. The van der Waals surface area contributed by atoms with Crippen LogP contribution in [0, 0.1) is 5.82 Å². The molecule has 1 aliphatic heterocycles. The van der Waals surface area contributed by atoms with Gasteiger partial charge in [0.1, 0.15) is 11.5 Å². The van der Waals surface area contributed by atoms with E-state index >= 15 is 0 Å². The Morgan fingerprint density at radius 1 is 1.25 bits per heavy atom. The average Bonchev–Trinajstić information content (AvgIpc) is 3.44. The minimum atomic E-state index is -3.89. The number of nitrogens with zero attached hydrogens (tertiary/aromatic N) is 2. The second kappa shape index (κ2) is 8.78. The lowest BCUT2D eigenvalue weighted by Gasteiger charge is -2.26. The summed E-state index contributed by atoms with van der Waals surface area (Å²) in [6.07, 6.45) is 1.54. The number of amides is 2. The molecule has 0 unspecified atom stereocenters. The number of morpholine rings is 1. The van der Waals surface area contributed by atoms with Crippen molar-refractivity contribution in [3.05, 3.63) is 52.9 Å². The Kier molecular flexibility index (Phi) is 6.06. The molecule has 2 amide bonds. The summed E-state index contributed by atoms with van der Waals surface area (Å²) in [4.78, 5) is 30.6. The Hall–Kier alpha value is -3.13. The minimum absolute atomic E-state index is 0.174. The molecule has 0 spiro atoms. The molecule has 168 valence electrons. The van der Waals surface area contributed by atoms with Gasteiger partial charge in [-0.25, -0.2) is 17.8 Å². The van der Waals surface area contributed by atoms with Crippen LogP contribution in [0.4, 0.5) is 9.52 Å². The first kappa shape index (κ1) is 22.1. The van der Waals surface area contributed by atoms with Crippen LogP contribution in [0.25, 0.3) is 11.3 Å². The van der Waals surface area contributed by atoms with Gasteiger partial charge in [-0.05, 0) is 24.3 Å². The molecular weight excluding hydrogens is 461 g/mol. The summed E-state index contributed by atoms with van der Waals surface area (Å²) in [5.74, 6) is -2.33. The first-order valence-electron chi connectivity index (χ1n) is 9.38. The second-order valence-corrected chi connectivity index (χ2v) is 9.61. The Balaban J connectivity index is 1.54. The molecule has 10 nitrogen and oxygen atoms in total. The maximum absolute atomic E-state index is 14.3. The molecule has 4 rings (SSSR count). The molecule has 0 atom stereocenters. The summed E-state index contributed by atoms with van der Waals surface area (Å²) in [5.41, 5.74) is 6.05. The third kappa shape index (κ3) is 4.41. The molecule has 0 aliphatic carbocycles. The van der Waals surface area contributed by atoms with Gasteiger partial charge in [-0.15, -0.1) is 11.3 Å². The van der Waals surface area contributed by atoms with E-state index in [4.69, 9.17) is 10.5 Å². The topological polar surface area (TPSA) is 147 Å². The first-order chi connectivity index (χ1) is 15.3. The van der Waals surface area contributed by atoms with Gasteiger partial charge in [0, 0.05) is 30.2 Å². The summed E-state index contributed by atoms with van der Waals surface area (Å²) < 4.78 is 46.4. The molecule has 3 aromatic rings. The lowest BCUT2D eigenvalue weighted by atomic mass is 10.2. The van der Waals surface area contributed by atoms with Crippen LogP contribution in [-0.2, 0) is 14.8 Å². The van der Waals surface area contributed by atoms with Gasteiger partial charge in [0.15, 0.2) is 5.13 Å². The molecule has 1 aromatic carbocycles. The first-order valence-corrected chi connectivity index (χ1v) is 11.7. The molecule has 1 fully saturated rings. The number of rotatable bonds is 6. The van der Waals surface area contributed by atoms with Crippen molar-refractivity contribution in [3.63, 3.8) is 0 Å². The van der Waals surface area contributed by atoms with Crippen molar-refractivity contribution >= 4 is 38.3 Å². The van der Waals surface area contributed by atoms with Crippen molar-refractivity contribution in [2.24, 2.45) is 5.73 Å². The van der Waals surface area contributed by atoms with Gasteiger partial charge in [-0.2, -0.15) is 4.31 Å². The molecule has 0 saturated carbocycles. The number of ether oxygens (including phenoxy) is 1. The largest absolute Gasteiger partial charge is 0.379 e. The summed E-state index contributed by atoms with van der Waals surface area (Å²) in [7, 11) is -3.89.